The standard InChI is InChI=1S/C19H22N6O2/c1-3-27-18-7-6-15(13-22-18)19(26)21-9-8-20-16-12-17(24-14(2)23-16)25-10-4-5-11-25/h4-7,10-13H,3,8-9H2,1-2H3,(H,21,26)(H,20,23,24). The third-order valence-corrected chi connectivity index (χ3v) is 3.70. The summed E-state index contributed by atoms with van der Waals surface area (Å²) in [5.74, 6) is 2.50. The Labute approximate surface area is 157 Å². The first kappa shape index (κ1) is 18.4. The number of anilines is 1. The van der Waals surface area contributed by atoms with Crippen LogP contribution in [0.2, 0.25) is 0 Å². The van der Waals surface area contributed by atoms with E-state index in [0.717, 1.165) is 5.82 Å². The van der Waals surface area contributed by atoms with E-state index >= 15 is 0 Å². The molecule has 8 heteroatoms. The molecule has 0 aliphatic carbocycles. The lowest BCUT2D eigenvalue weighted by atomic mass is 10.2. The number of carbonyl (C=O) groups is 1. The van der Waals surface area contributed by atoms with E-state index in [9.17, 15) is 4.79 Å². The minimum absolute atomic E-state index is 0.181. The zero-order valence-corrected chi connectivity index (χ0v) is 15.3. The number of carbonyl (C=O) groups excluding carboxylic acids is 1. The first-order valence-corrected chi connectivity index (χ1v) is 8.75. The maximum Gasteiger partial charge on any atom is 0.252 e. The molecule has 27 heavy (non-hydrogen) atoms. The van der Waals surface area contributed by atoms with Gasteiger partial charge in [0.15, 0.2) is 0 Å². The lowest BCUT2D eigenvalue weighted by Gasteiger charge is -2.10. The van der Waals surface area contributed by atoms with Gasteiger partial charge in [0.2, 0.25) is 5.88 Å². The number of aryl methyl sites for hydroxylation is 1. The molecule has 3 heterocycles. The van der Waals surface area contributed by atoms with Crippen LogP contribution in [0.3, 0.4) is 0 Å². The van der Waals surface area contributed by atoms with Gasteiger partial charge in [0, 0.05) is 43.8 Å². The maximum atomic E-state index is 12.1. The van der Waals surface area contributed by atoms with Gasteiger partial charge in [-0.3, -0.25) is 4.79 Å². The molecule has 3 rings (SSSR count). The van der Waals surface area contributed by atoms with Crippen molar-refractivity contribution in [3.05, 3.63) is 60.3 Å². The second kappa shape index (κ2) is 8.79. The van der Waals surface area contributed by atoms with Crippen LogP contribution in [0, 0.1) is 6.92 Å². The molecule has 140 valence electrons. The maximum absolute atomic E-state index is 12.1. The fraction of sp³-hybridized carbons (Fsp3) is 0.263. The summed E-state index contributed by atoms with van der Waals surface area (Å²) in [4.78, 5) is 25.0. The normalized spacial score (nSPS) is 10.4. The van der Waals surface area contributed by atoms with Gasteiger partial charge < -0.3 is 19.9 Å². The smallest absolute Gasteiger partial charge is 0.252 e. The van der Waals surface area contributed by atoms with E-state index in [1.54, 1.807) is 12.1 Å². The van der Waals surface area contributed by atoms with Crippen LogP contribution < -0.4 is 15.4 Å². The molecule has 0 saturated heterocycles. The predicted molar refractivity (Wildman–Crippen MR) is 102 cm³/mol. The van der Waals surface area contributed by atoms with Gasteiger partial charge in [-0.2, -0.15) is 0 Å². The molecule has 2 N–H and O–H groups in total. The lowest BCUT2D eigenvalue weighted by molar-refractivity contribution is 0.0954. The van der Waals surface area contributed by atoms with Crippen LogP contribution in [-0.2, 0) is 0 Å². The molecule has 1 amide bonds. The van der Waals surface area contributed by atoms with E-state index in [4.69, 9.17) is 4.74 Å². The average Bonchev–Trinajstić information content (AvgIpc) is 3.20. The molecule has 3 aromatic heterocycles. The highest BCUT2D eigenvalue weighted by Gasteiger charge is 2.07. The largest absolute Gasteiger partial charge is 0.478 e. The van der Waals surface area contributed by atoms with Gasteiger partial charge in [0.25, 0.3) is 5.91 Å². The summed E-state index contributed by atoms with van der Waals surface area (Å²) < 4.78 is 7.18. The first-order valence-electron chi connectivity index (χ1n) is 8.75. The number of hydrogen-bond acceptors (Lipinski definition) is 6. The lowest BCUT2D eigenvalue weighted by Crippen LogP contribution is -2.29. The number of pyridine rings is 1. The van der Waals surface area contributed by atoms with E-state index in [-0.39, 0.29) is 5.91 Å². The number of rotatable bonds is 8. The number of nitrogens with one attached hydrogen (secondary N) is 2. The summed E-state index contributed by atoms with van der Waals surface area (Å²) in [6.07, 6.45) is 5.36. The molecule has 0 radical (unpaired) electrons. The first-order chi connectivity index (χ1) is 13.2. The summed E-state index contributed by atoms with van der Waals surface area (Å²) in [6.45, 7) is 5.26. The van der Waals surface area contributed by atoms with Crippen molar-refractivity contribution in [1.29, 1.82) is 0 Å². The Kier molecular flexibility index (Phi) is 5.98. The topological polar surface area (TPSA) is 94.0 Å². The zero-order chi connectivity index (χ0) is 19.1. The van der Waals surface area contributed by atoms with Crippen LogP contribution in [0.4, 0.5) is 5.82 Å². The summed E-state index contributed by atoms with van der Waals surface area (Å²) in [5, 5.41) is 6.05. The van der Waals surface area contributed by atoms with Crippen molar-refractivity contribution in [2.75, 3.05) is 25.0 Å². The predicted octanol–water partition coefficient (Wildman–Crippen LogP) is 2.21. The number of ether oxygens (including phenoxy) is 1. The van der Waals surface area contributed by atoms with Crippen molar-refractivity contribution in [1.82, 2.24) is 24.8 Å². The monoisotopic (exact) mass is 366 g/mol. The molecule has 0 aromatic carbocycles. The van der Waals surface area contributed by atoms with Crippen molar-refractivity contribution in [2.45, 2.75) is 13.8 Å². The van der Waals surface area contributed by atoms with Crippen molar-refractivity contribution in [2.24, 2.45) is 0 Å². The Hall–Kier alpha value is -3.42. The van der Waals surface area contributed by atoms with E-state index in [1.165, 1.54) is 6.20 Å². The molecule has 0 bridgehead atoms. The Morgan fingerprint density at radius 2 is 2.00 bits per heavy atom. The van der Waals surface area contributed by atoms with Gasteiger partial charge in [-0.25, -0.2) is 15.0 Å². The molecule has 0 aliphatic rings. The van der Waals surface area contributed by atoms with Crippen LogP contribution in [0.15, 0.2) is 48.9 Å². The molecule has 0 aliphatic heterocycles. The minimum Gasteiger partial charge on any atom is -0.478 e. The fourth-order valence-electron chi connectivity index (χ4n) is 2.48. The zero-order valence-electron chi connectivity index (χ0n) is 15.3. The molecule has 0 fully saturated rings. The number of amides is 1. The Morgan fingerprint density at radius 3 is 2.70 bits per heavy atom. The van der Waals surface area contributed by atoms with Crippen molar-refractivity contribution in [3.8, 4) is 11.7 Å². The highest BCUT2D eigenvalue weighted by Crippen LogP contribution is 2.11. The van der Waals surface area contributed by atoms with Crippen LogP contribution in [-0.4, -0.2) is 45.1 Å². The van der Waals surface area contributed by atoms with Gasteiger partial charge in [-0.1, -0.05) is 0 Å². The van der Waals surface area contributed by atoms with E-state index in [0.29, 0.717) is 42.8 Å². The van der Waals surface area contributed by atoms with Gasteiger partial charge >= 0.3 is 0 Å². The Bertz CT molecular complexity index is 878. The fourth-order valence-corrected chi connectivity index (χ4v) is 2.48. The second-order valence-electron chi connectivity index (χ2n) is 5.75. The van der Waals surface area contributed by atoms with Crippen LogP contribution in [0.5, 0.6) is 5.88 Å². The van der Waals surface area contributed by atoms with E-state index in [2.05, 4.69) is 25.6 Å². The summed E-state index contributed by atoms with van der Waals surface area (Å²) in [5.41, 5.74) is 0.492. The van der Waals surface area contributed by atoms with Crippen LogP contribution in [0.25, 0.3) is 5.82 Å². The summed E-state index contributed by atoms with van der Waals surface area (Å²) in [7, 11) is 0. The van der Waals surface area contributed by atoms with E-state index in [1.807, 2.05) is 49.0 Å². The highest BCUT2D eigenvalue weighted by molar-refractivity contribution is 5.93. The minimum atomic E-state index is -0.181. The molecular weight excluding hydrogens is 344 g/mol. The third kappa shape index (κ3) is 5.04. The molecule has 3 aromatic rings. The average molecular weight is 366 g/mol. The van der Waals surface area contributed by atoms with Crippen LogP contribution in [0.1, 0.15) is 23.1 Å². The Morgan fingerprint density at radius 1 is 1.19 bits per heavy atom. The van der Waals surface area contributed by atoms with E-state index < -0.39 is 0 Å². The molecular formula is C19H22N6O2. The van der Waals surface area contributed by atoms with Gasteiger partial charge in [-0.05, 0) is 32.0 Å². The molecule has 0 unspecified atom stereocenters. The highest BCUT2D eigenvalue weighted by atomic mass is 16.5. The number of aromatic nitrogens is 4. The molecule has 0 saturated carbocycles. The second-order valence-corrected chi connectivity index (χ2v) is 5.75. The van der Waals surface area contributed by atoms with Crippen molar-refractivity contribution >= 4 is 11.7 Å². The Balaban J connectivity index is 1.50. The SMILES string of the molecule is CCOc1ccc(C(=O)NCCNc2cc(-n3cccc3)nc(C)n2)cn1. The third-order valence-electron chi connectivity index (χ3n) is 3.70. The molecule has 8 nitrogen and oxygen atoms in total. The molecule has 0 spiro atoms. The van der Waals surface area contributed by atoms with Gasteiger partial charge in [0.05, 0.1) is 12.2 Å². The number of hydrogen-bond donors (Lipinski definition) is 2. The van der Waals surface area contributed by atoms with Crippen molar-refractivity contribution in [3.63, 3.8) is 0 Å². The molecule has 0 atom stereocenters. The van der Waals surface area contributed by atoms with Gasteiger partial charge in [0.1, 0.15) is 17.5 Å². The quantitative estimate of drug-likeness (QED) is 0.594. The summed E-state index contributed by atoms with van der Waals surface area (Å²) in [6, 6.07) is 9.12. The van der Waals surface area contributed by atoms with Gasteiger partial charge in [-0.15, -0.1) is 0 Å². The summed E-state index contributed by atoms with van der Waals surface area (Å²) >= 11 is 0. The van der Waals surface area contributed by atoms with Crippen molar-refractivity contribution < 1.29 is 9.53 Å². The number of nitrogens with zero attached hydrogens (tertiary/aromatic N) is 4. The van der Waals surface area contributed by atoms with Crippen LogP contribution >= 0.6 is 0 Å².